The van der Waals surface area contributed by atoms with E-state index in [0.717, 1.165) is 13.1 Å². The van der Waals surface area contributed by atoms with E-state index < -0.39 is 6.10 Å². The van der Waals surface area contributed by atoms with Crippen LogP contribution in [-0.2, 0) is 0 Å². The smallest absolute Gasteiger partial charge is 0.269 e. The predicted molar refractivity (Wildman–Crippen MR) is 95.1 cm³/mol. The summed E-state index contributed by atoms with van der Waals surface area (Å²) in [6, 6.07) is 7.20. The summed E-state index contributed by atoms with van der Waals surface area (Å²) in [5.74, 6) is -0.274. The van der Waals surface area contributed by atoms with E-state index in [1.165, 1.54) is 25.7 Å². The maximum absolute atomic E-state index is 12.2. The van der Waals surface area contributed by atoms with Gasteiger partial charge in [-0.05, 0) is 44.1 Å². The zero-order valence-electron chi connectivity index (χ0n) is 14.3. The van der Waals surface area contributed by atoms with Crippen LogP contribution in [0.2, 0.25) is 0 Å². The molecule has 3 N–H and O–H groups in total. The van der Waals surface area contributed by atoms with Crippen molar-refractivity contribution in [2.45, 2.75) is 31.8 Å². The van der Waals surface area contributed by atoms with Gasteiger partial charge in [-0.3, -0.25) is 14.9 Å². The quantitative estimate of drug-likeness (QED) is 0.738. The molecule has 3 rings (SSSR count). The molecule has 0 aliphatic carbocycles. The number of β-amino-alcohol motifs (C(OH)–C–C–N with tert-alkyl or cyclic N) is 1. The largest absolute Gasteiger partial charge is 0.390 e. The van der Waals surface area contributed by atoms with Crippen molar-refractivity contribution in [2.75, 3.05) is 26.2 Å². The van der Waals surface area contributed by atoms with Gasteiger partial charge >= 0.3 is 0 Å². The van der Waals surface area contributed by atoms with Gasteiger partial charge in [-0.1, -0.05) is 18.9 Å². The molecule has 0 saturated carbocycles. The van der Waals surface area contributed by atoms with Crippen LogP contribution in [0, 0.1) is 0 Å². The van der Waals surface area contributed by atoms with Crippen molar-refractivity contribution >= 4 is 5.91 Å². The molecule has 7 nitrogen and oxygen atoms in total. The van der Waals surface area contributed by atoms with Crippen LogP contribution in [0.3, 0.4) is 0 Å². The Morgan fingerprint density at radius 1 is 1.24 bits per heavy atom. The van der Waals surface area contributed by atoms with Gasteiger partial charge in [0.05, 0.1) is 11.8 Å². The molecule has 0 radical (unpaired) electrons. The molecule has 3 heterocycles. The van der Waals surface area contributed by atoms with Crippen LogP contribution in [0.1, 0.15) is 36.2 Å². The molecule has 2 aromatic heterocycles. The molecule has 1 aliphatic rings. The Hall–Kier alpha value is -2.25. The minimum Gasteiger partial charge on any atom is -0.390 e. The number of nitrogens with zero attached hydrogens (tertiary/aromatic N) is 3. The molecular formula is C18H25N5O2. The molecule has 2 aromatic rings. The van der Waals surface area contributed by atoms with E-state index in [2.05, 4.69) is 25.4 Å². The SMILES string of the molecule is O=C(NCC(O)CN1CCCCCC1)c1cc(-c2ccccn2)n[nH]1. The molecule has 1 saturated heterocycles. The first-order valence-electron chi connectivity index (χ1n) is 8.88. The molecule has 25 heavy (non-hydrogen) atoms. The van der Waals surface area contributed by atoms with E-state index in [4.69, 9.17) is 0 Å². The van der Waals surface area contributed by atoms with Crippen molar-refractivity contribution < 1.29 is 9.90 Å². The minimum absolute atomic E-state index is 0.229. The molecule has 1 unspecified atom stereocenters. The first-order valence-corrected chi connectivity index (χ1v) is 8.88. The second kappa shape index (κ2) is 8.73. The van der Waals surface area contributed by atoms with Crippen LogP contribution in [0.5, 0.6) is 0 Å². The van der Waals surface area contributed by atoms with Crippen LogP contribution in [0.25, 0.3) is 11.4 Å². The third kappa shape index (κ3) is 5.11. The fourth-order valence-corrected chi connectivity index (χ4v) is 3.07. The highest BCUT2D eigenvalue weighted by molar-refractivity contribution is 5.93. The Balaban J connectivity index is 1.48. The lowest BCUT2D eigenvalue weighted by Crippen LogP contribution is -2.40. The van der Waals surface area contributed by atoms with Gasteiger partial charge in [-0.15, -0.1) is 0 Å². The van der Waals surface area contributed by atoms with Gasteiger partial charge in [0.2, 0.25) is 0 Å². The fraction of sp³-hybridized carbons (Fsp3) is 0.500. The maximum atomic E-state index is 12.2. The molecule has 7 heteroatoms. The lowest BCUT2D eigenvalue weighted by Gasteiger charge is -2.23. The van der Waals surface area contributed by atoms with Crippen molar-refractivity contribution in [3.63, 3.8) is 0 Å². The highest BCUT2D eigenvalue weighted by Crippen LogP contribution is 2.14. The van der Waals surface area contributed by atoms with E-state index in [0.29, 0.717) is 23.6 Å². The third-order valence-electron chi connectivity index (χ3n) is 4.42. The normalized spacial score (nSPS) is 17.0. The highest BCUT2D eigenvalue weighted by atomic mass is 16.3. The first-order chi connectivity index (χ1) is 12.2. The number of pyridine rings is 1. The number of aromatic nitrogens is 3. The molecule has 1 aliphatic heterocycles. The number of carbonyl (C=O) groups excluding carboxylic acids is 1. The van der Waals surface area contributed by atoms with Gasteiger partial charge in [-0.25, -0.2) is 0 Å². The maximum Gasteiger partial charge on any atom is 0.269 e. The van der Waals surface area contributed by atoms with Gasteiger partial charge in [0.25, 0.3) is 5.91 Å². The summed E-state index contributed by atoms with van der Waals surface area (Å²) in [7, 11) is 0. The monoisotopic (exact) mass is 343 g/mol. The van der Waals surface area contributed by atoms with Gasteiger partial charge in [-0.2, -0.15) is 5.10 Å². The molecule has 1 atom stereocenters. The van der Waals surface area contributed by atoms with Crippen LogP contribution in [0.15, 0.2) is 30.5 Å². The molecule has 1 amide bonds. The Morgan fingerprint density at radius 2 is 2.04 bits per heavy atom. The van der Waals surface area contributed by atoms with Crippen molar-refractivity contribution in [2.24, 2.45) is 0 Å². The van der Waals surface area contributed by atoms with Crippen LogP contribution < -0.4 is 5.32 Å². The Kier molecular flexibility index (Phi) is 6.14. The van der Waals surface area contributed by atoms with Gasteiger partial charge in [0.1, 0.15) is 11.4 Å². The van der Waals surface area contributed by atoms with Crippen LogP contribution >= 0.6 is 0 Å². The summed E-state index contributed by atoms with van der Waals surface area (Å²) in [5.41, 5.74) is 1.69. The highest BCUT2D eigenvalue weighted by Gasteiger charge is 2.16. The van der Waals surface area contributed by atoms with Crippen LogP contribution in [0.4, 0.5) is 0 Å². The summed E-state index contributed by atoms with van der Waals surface area (Å²) < 4.78 is 0. The number of hydrogen-bond acceptors (Lipinski definition) is 5. The second-order valence-electron chi connectivity index (χ2n) is 6.46. The predicted octanol–water partition coefficient (Wildman–Crippen LogP) is 1.44. The Labute approximate surface area is 147 Å². The second-order valence-corrected chi connectivity index (χ2v) is 6.46. The molecule has 0 spiro atoms. The number of nitrogens with one attached hydrogen (secondary N) is 2. The number of H-pyrrole nitrogens is 1. The number of aliphatic hydroxyl groups is 1. The van der Waals surface area contributed by atoms with Crippen LogP contribution in [-0.4, -0.2) is 63.4 Å². The van der Waals surface area contributed by atoms with Crippen molar-refractivity contribution in [1.29, 1.82) is 0 Å². The Morgan fingerprint density at radius 3 is 2.76 bits per heavy atom. The number of likely N-dealkylation sites (tertiary alicyclic amines) is 1. The van der Waals surface area contributed by atoms with Gasteiger partial charge < -0.3 is 15.3 Å². The number of aromatic amines is 1. The van der Waals surface area contributed by atoms with E-state index in [-0.39, 0.29) is 12.5 Å². The van der Waals surface area contributed by atoms with E-state index >= 15 is 0 Å². The number of rotatable bonds is 6. The van der Waals surface area contributed by atoms with Crippen molar-refractivity contribution in [1.82, 2.24) is 25.4 Å². The lowest BCUT2D eigenvalue weighted by atomic mass is 10.2. The Bertz CT molecular complexity index is 665. The zero-order valence-corrected chi connectivity index (χ0v) is 14.3. The van der Waals surface area contributed by atoms with Gasteiger partial charge in [0.15, 0.2) is 0 Å². The zero-order chi connectivity index (χ0) is 17.5. The molecule has 134 valence electrons. The average Bonchev–Trinajstić information content (AvgIpc) is 3.00. The lowest BCUT2D eigenvalue weighted by molar-refractivity contribution is 0.0858. The number of hydrogen-bond donors (Lipinski definition) is 3. The average molecular weight is 343 g/mol. The van der Waals surface area contributed by atoms with Crippen molar-refractivity contribution in [3.8, 4) is 11.4 Å². The summed E-state index contributed by atoms with van der Waals surface area (Å²) >= 11 is 0. The molecular weight excluding hydrogens is 318 g/mol. The number of amides is 1. The molecule has 0 bridgehead atoms. The fourth-order valence-electron chi connectivity index (χ4n) is 3.07. The number of aliphatic hydroxyl groups excluding tert-OH is 1. The standard InChI is InChI=1S/C18H25N5O2/c24-14(13-23-9-5-1-2-6-10-23)12-20-18(25)17-11-16(21-22-17)15-7-3-4-8-19-15/h3-4,7-8,11,14,24H,1-2,5-6,9-10,12-13H2,(H,20,25)(H,21,22). The third-order valence-corrected chi connectivity index (χ3v) is 4.42. The van der Waals surface area contributed by atoms with E-state index in [1.54, 1.807) is 12.3 Å². The van der Waals surface area contributed by atoms with Gasteiger partial charge in [0, 0.05) is 19.3 Å². The summed E-state index contributed by atoms with van der Waals surface area (Å²) in [4.78, 5) is 18.7. The molecule has 0 aromatic carbocycles. The van der Waals surface area contributed by atoms with E-state index in [9.17, 15) is 9.90 Å². The first kappa shape index (κ1) is 17.6. The molecule has 1 fully saturated rings. The minimum atomic E-state index is -0.569. The topological polar surface area (TPSA) is 94.1 Å². The van der Waals surface area contributed by atoms with E-state index in [1.807, 2.05) is 18.2 Å². The number of carbonyl (C=O) groups is 1. The summed E-state index contributed by atoms with van der Waals surface area (Å²) in [6.07, 6.45) is 6.01. The van der Waals surface area contributed by atoms with Crippen molar-refractivity contribution in [3.05, 3.63) is 36.2 Å². The summed E-state index contributed by atoms with van der Waals surface area (Å²) in [6.45, 7) is 2.88. The summed E-state index contributed by atoms with van der Waals surface area (Å²) in [5, 5.41) is 19.8.